The number of aromatic nitrogens is 2. The van der Waals surface area contributed by atoms with Gasteiger partial charge < -0.3 is 14.3 Å². The molecule has 6 heteroatoms. The van der Waals surface area contributed by atoms with E-state index in [0.29, 0.717) is 11.3 Å². The van der Waals surface area contributed by atoms with Crippen molar-refractivity contribution >= 4 is 0 Å². The lowest BCUT2D eigenvalue weighted by Gasteiger charge is -2.23. The molecule has 2 heterocycles. The summed E-state index contributed by atoms with van der Waals surface area (Å²) in [5.41, 5.74) is 1.39. The molecular weight excluding hydrogens is 332 g/mol. The van der Waals surface area contributed by atoms with Gasteiger partial charge in [-0.05, 0) is 52.0 Å². The van der Waals surface area contributed by atoms with Gasteiger partial charge in [-0.15, -0.1) is 0 Å². The van der Waals surface area contributed by atoms with E-state index in [1.54, 1.807) is 20.2 Å². The summed E-state index contributed by atoms with van der Waals surface area (Å²) >= 11 is 0. The average molecular weight is 354 g/mol. The summed E-state index contributed by atoms with van der Waals surface area (Å²) in [6.07, 6.45) is 1.61. The molecule has 26 heavy (non-hydrogen) atoms. The normalized spacial score (nSPS) is 11.6. The molecule has 1 N–H and O–H groups in total. The fourth-order valence-electron chi connectivity index (χ4n) is 2.84. The Kier molecular flexibility index (Phi) is 4.36. The van der Waals surface area contributed by atoms with Crippen LogP contribution in [0.3, 0.4) is 0 Å². The van der Waals surface area contributed by atoms with Gasteiger partial charge in [0.05, 0.1) is 30.1 Å². The van der Waals surface area contributed by atoms with Crippen LogP contribution in [0.1, 0.15) is 26.5 Å². The molecule has 3 rings (SSSR count). The van der Waals surface area contributed by atoms with E-state index in [2.05, 4.69) is 5.10 Å². The molecule has 0 aliphatic heterocycles. The summed E-state index contributed by atoms with van der Waals surface area (Å²) in [5.74, 6) is 0.865. The van der Waals surface area contributed by atoms with Gasteiger partial charge in [0.15, 0.2) is 5.76 Å². The zero-order valence-electron chi connectivity index (χ0n) is 15.5. The number of aryl methyl sites for hydroxylation is 1. The summed E-state index contributed by atoms with van der Waals surface area (Å²) < 4.78 is 12.8. The zero-order valence-corrected chi connectivity index (χ0v) is 15.5. The predicted molar refractivity (Wildman–Crippen MR) is 99.6 cm³/mol. The van der Waals surface area contributed by atoms with E-state index in [1.807, 2.05) is 49.7 Å². The number of hydrogen-bond donors (Lipinski definition) is 1. The molecule has 6 nitrogen and oxygen atoms in total. The number of rotatable bonds is 3. The first kappa shape index (κ1) is 17.8. The summed E-state index contributed by atoms with van der Waals surface area (Å²) in [7, 11) is 1.61. The molecule has 0 fully saturated rings. The number of methoxy groups -OCH3 is 1. The molecule has 0 aliphatic rings. The van der Waals surface area contributed by atoms with Crippen LogP contribution in [0.2, 0.25) is 0 Å². The molecule has 1 aromatic carbocycles. The van der Waals surface area contributed by atoms with Gasteiger partial charge in [0.25, 0.3) is 0 Å². The number of ether oxygens (including phenoxy) is 1. The molecule has 0 aliphatic carbocycles. The molecule has 0 saturated heterocycles. The first-order chi connectivity index (χ1) is 12.2. The Hall–Kier alpha value is -3.02. The van der Waals surface area contributed by atoms with Gasteiger partial charge >= 0.3 is 0 Å². The van der Waals surface area contributed by atoms with Crippen molar-refractivity contribution < 1.29 is 14.3 Å². The van der Waals surface area contributed by atoms with Gasteiger partial charge in [0.2, 0.25) is 11.2 Å². The monoisotopic (exact) mass is 354 g/mol. The molecular formula is C20H22N2O4. The van der Waals surface area contributed by atoms with Gasteiger partial charge in [0, 0.05) is 11.6 Å². The summed E-state index contributed by atoms with van der Waals surface area (Å²) in [4.78, 5) is 12.0. The van der Waals surface area contributed by atoms with E-state index in [1.165, 1.54) is 6.07 Å². The third-order valence-electron chi connectivity index (χ3n) is 4.06. The molecule has 0 spiro atoms. The molecule has 0 amide bonds. The third kappa shape index (κ3) is 3.10. The maximum Gasteiger partial charge on any atom is 0.227 e. The summed E-state index contributed by atoms with van der Waals surface area (Å²) in [5, 5.41) is 14.8. The van der Waals surface area contributed by atoms with Gasteiger partial charge in [-0.3, -0.25) is 9.48 Å². The Morgan fingerprint density at radius 3 is 2.42 bits per heavy atom. The smallest absolute Gasteiger partial charge is 0.227 e. The fraction of sp³-hybridized carbons (Fsp3) is 0.300. The van der Waals surface area contributed by atoms with Crippen molar-refractivity contribution in [2.75, 3.05) is 7.11 Å². The Labute approximate surface area is 151 Å². The Balaban J connectivity index is 2.31. The second kappa shape index (κ2) is 6.37. The van der Waals surface area contributed by atoms with Crippen LogP contribution in [0.5, 0.6) is 11.5 Å². The number of benzene rings is 1. The number of nitrogens with zero attached hydrogens (tertiary/aromatic N) is 2. The van der Waals surface area contributed by atoms with E-state index in [-0.39, 0.29) is 11.3 Å². The number of aromatic hydroxyl groups is 1. The van der Waals surface area contributed by atoms with Gasteiger partial charge in [-0.25, -0.2) is 0 Å². The minimum atomic E-state index is -0.479. The third-order valence-corrected chi connectivity index (χ3v) is 4.06. The molecule has 3 aromatic rings. The van der Waals surface area contributed by atoms with Crippen molar-refractivity contribution in [1.82, 2.24) is 9.78 Å². The first-order valence-corrected chi connectivity index (χ1v) is 8.29. The van der Waals surface area contributed by atoms with Crippen LogP contribution in [-0.4, -0.2) is 22.0 Å². The first-order valence-electron chi connectivity index (χ1n) is 8.29. The van der Waals surface area contributed by atoms with Gasteiger partial charge in [-0.2, -0.15) is 5.10 Å². The van der Waals surface area contributed by atoms with Gasteiger partial charge in [0.1, 0.15) is 11.5 Å². The maximum atomic E-state index is 12.0. The molecule has 2 aromatic heterocycles. The summed E-state index contributed by atoms with van der Waals surface area (Å²) in [6, 6.07) is 8.79. The highest BCUT2D eigenvalue weighted by atomic mass is 16.5. The second-order valence-electron chi connectivity index (χ2n) is 7.12. The van der Waals surface area contributed by atoms with E-state index < -0.39 is 11.2 Å². The highest BCUT2D eigenvalue weighted by Crippen LogP contribution is 2.38. The highest BCUT2D eigenvalue weighted by Gasteiger charge is 2.26. The Morgan fingerprint density at radius 2 is 1.85 bits per heavy atom. The lowest BCUT2D eigenvalue weighted by molar-refractivity contribution is 0.360. The Bertz CT molecular complexity index is 992. The number of hydrogen-bond acceptors (Lipinski definition) is 5. The van der Waals surface area contributed by atoms with Gasteiger partial charge in [-0.1, -0.05) is 0 Å². The van der Waals surface area contributed by atoms with E-state index in [9.17, 15) is 9.90 Å². The molecule has 0 radical (unpaired) electrons. The van der Waals surface area contributed by atoms with Crippen LogP contribution < -0.4 is 10.2 Å². The largest absolute Gasteiger partial charge is 0.502 e. The van der Waals surface area contributed by atoms with Crippen molar-refractivity contribution in [2.45, 2.75) is 33.2 Å². The van der Waals surface area contributed by atoms with Crippen LogP contribution in [0.15, 0.2) is 45.7 Å². The SMILES string of the molecule is COc1ccc(-c2c(-c3oc(C)cc(=O)c3O)cnn2C(C)(C)C)cc1. The van der Waals surface area contributed by atoms with E-state index >= 15 is 0 Å². The van der Waals surface area contributed by atoms with Crippen LogP contribution in [0, 0.1) is 6.92 Å². The van der Waals surface area contributed by atoms with Crippen LogP contribution >= 0.6 is 0 Å². The van der Waals surface area contributed by atoms with Crippen molar-refractivity contribution in [3.05, 3.63) is 52.5 Å². The second-order valence-corrected chi connectivity index (χ2v) is 7.12. The maximum absolute atomic E-state index is 12.0. The average Bonchev–Trinajstić information content (AvgIpc) is 3.03. The zero-order chi connectivity index (χ0) is 19.1. The molecule has 0 atom stereocenters. The summed E-state index contributed by atoms with van der Waals surface area (Å²) in [6.45, 7) is 7.76. The van der Waals surface area contributed by atoms with Crippen LogP contribution in [0.25, 0.3) is 22.6 Å². The minimum absolute atomic E-state index is 0.122. The van der Waals surface area contributed by atoms with E-state index in [4.69, 9.17) is 9.15 Å². The minimum Gasteiger partial charge on any atom is -0.502 e. The lowest BCUT2D eigenvalue weighted by atomic mass is 10.0. The highest BCUT2D eigenvalue weighted by molar-refractivity contribution is 5.81. The van der Waals surface area contributed by atoms with Crippen LogP contribution in [0.4, 0.5) is 0 Å². The Morgan fingerprint density at radius 1 is 1.19 bits per heavy atom. The molecule has 0 saturated carbocycles. The molecule has 0 bridgehead atoms. The van der Waals surface area contributed by atoms with Crippen molar-refractivity contribution in [3.8, 4) is 34.1 Å². The standard InChI is InChI=1S/C20H22N2O4/c1-12-10-16(23)18(24)19(26-12)15-11-21-22(20(2,3)4)17(15)13-6-8-14(25-5)9-7-13/h6-11,24H,1-5H3. The topological polar surface area (TPSA) is 77.5 Å². The van der Waals surface area contributed by atoms with Crippen molar-refractivity contribution in [1.29, 1.82) is 0 Å². The molecule has 0 unspecified atom stereocenters. The lowest BCUT2D eigenvalue weighted by Crippen LogP contribution is -2.24. The predicted octanol–water partition coefficient (Wildman–Crippen LogP) is 3.95. The van der Waals surface area contributed by atoms with E-state index in [0.717, 1.165) is 17.0 Å². The molecule has 136 valence electrons. The van der Waals surface area contributed by atoms with Crippen molar-refractivity contribution in [2.24, 2.45) is 0 Å². The van der Waals surface area contributed by atoms with Crippen molar-refractivity contribution in [3.63, 3.8) is 0 Å². The fourth-order valence-corrected chi connectivity index (χ4v) is 2.84. The van der Waals surface area contributed by atoms with Crippen LogP contribution in [-0.2, 0) is 5.54 Å². The quantitative estimate of drug-likeness (QED) is 0.771.